The highest BCUT2D eigenvalue weighted by atomic mass is 35.5. The number of amides is 1. The Morgan fingerprint density at radius 2 is 1.84 bits per heavy atom. The number of rotatable bonds is 6. The Labute approximate surface area is 254 Å². The number of fused-ring (bicyclic) bond motifs is 1. The first-order valence-electron chi connectivity index (χ1n) is 14.0. The van der Waals surface area contributed by atoms with E-state index in [2.05, 4.69) is 9.97 Å². The van der Waals surface area contributed by atoms with E-state index in [0.717, 1.165) is 23.1 Å². The van der Waals surface area contributed by atoms with Crippen molar-refractivity contribution in [3.8, 4) is 11.1 Å². The van der Waals surface area contributed by atoms with E-state index in [1.54, 1.807) is 42.2 Å². The lowest BCUT2D eigenvalue weighted by molar-refractivity contribution is -0.158. The molecular formula is C32H30ClN3O6S. The third kappa shape index (κ3) is 5.45. The molecule has 3 aromatic carbocycles. The third-order valence-corrected chi connectivity index (χ3v) is 9.84. The van der Waals surface area contributed by atoms with Gasteiger partial charge in [0.05, 0.1) is 15.9 Å². The lowest BCUT2D eigenvalue weighted by Gasteiger charge is -2.37. The number of hydrogen-bond donors (Lipinski definition) is 1. The molecule has 0 saturated carbocycles. The van der Waals surface area contributed by atoms with Gasteiger partial charge in [-0.15, -0.1) is 0 Å². The van der Waals surface area contributed by atoms with Gasteiger partial charge in [0.25, 0.3) is 0 Å². The minimum Gasteiger partial charge on any atom is -0.450 e. The van der Waals surface area contributed by atoms with Crippen LogP contribution in [0, 0.1) is 6.92 Å². The molecule has 9 nitrogen and oxygen atoms in total. The second-order valence-electron chi connectivity index (χ2n) is 11.3. The van der Waals surface area contributed by atoms with E-state index < -0.39 is 27.3 Å². The summed E-state index contributed by atoms with van der Waals surface area (Å²) in [6, 6.07) is 17.5. The zero-order chi connectivity index (χ0) is 30.5. The molecule has 4 aromatic rings. The van der Waals surface area contributed by atoms with Gasteiger partial charge in [0.1, 0.15) is 11.7 Å². The molecule has 0 radical (unpaired) electrons. The number of halogens is 1. The molecule has 11 heteroatoms. The van der Waals surface area contributed by atoms with Crippen molar-refractivity contribution >= 4 is 50.1 Å². The molecule has 3 heterocycles. The average Bonchev–Trinajstić information content (AvgIpc) is 3.50. The maximum atomic E-state index is 13.8. The number of carbonyl (C=O) groups is 3. The van der Waals surface area contributed by atoms with Gasteiger partial charge >= 0.3 is 5.97 Å². The minimum atomic E-state index is -3.42. The Kier molecular flexibility index (Phi) is 7.38. The number of ether oxygens (including phenoxy) is 1. The molecular weight excluding hydrogens is 590 g/mol. The molecule has 0 aliphatic carbocycles. The van der Waals surface area contributed by atoms with Crippen LogP contribution in [0.25, 0.3) is 22.2 Å². The second-order valence-corrected chi connectivity index (χ2v) is 13.7. The van der Waals surface area contributed by atoms with Crippen molar-refractivity contribution in [1.29, 1.82) is 0 Å². The number of sulfone groups is 1. The van der Waals surface area contributed by atoms with Crippen molar-refractivity contribution in [2.24, 2.45) is 0 Å². The number of likely N-dealkylation sites (tertiary alicyclic amines) is 1. The highest BCUT2D eigenvalue weighted by Crippen LogP contribution is 2.43. The molecule has 1 spiro atoms. The number of aryl methyl sites for hydroxylation is 2. The maximum Gasteiger partial charge on any atom is 0.322 e. The molecule has 1 aromatic heterocycles. The SMILES string of the molecule is Cc1cc(-c2cccc(S(C)(=O)=O)c2)c(Cl)cc1C1C(=O)OC2(CCN(C(=O)CCc3nc4ccccc4[nH]3)CC2)C1=O. The van der Waals surface area contributed by atoms with Crippen molar-refractivity contribution in [3.63, 3.8) is 0 Å². The van der Waals surface area contributed by atoms with Gasteiger partial charge in [-0.3, -0.25) is 14.4 Å². The van der Waals surface area contributed by atoms with Gasteiger partial charge in [-0.1, -0.05) is 35.9 Å². The Bertz CT molecular complexity index is 1860. The summed E-state index contributed by atoms with van der Waals surface area (Å²) in [6.07, 6.45) is 2.35. The maximum absolute atomic E-state index is 13.8. The molecule has 6 rings (SSSR count). The Morgan fingerprint density at radius 3 is 2.56 bits per heavy atom. The van der Waals surface area contributed by atoms with Gasteiger partial charge in [-0.2, -0.15) is 0 Å². The van der Waals surface area contributed by atoms with Gasteiger partial charge in [0.15, 0.2) is 21.2 Å². The molecule has 1 atom stereocenters. The number of nitrogens with zero attached hydrogens (tertiary/aromatic N) is 2. The van der Waals surface area contributed by atoms with Gasteiger partial charge in [-0.25, -0.2) is 13.4 Å². The Morgan fingerprint density at radius 1 is 1.09 bits per heavy atom. The Hall–Kier alpha value is -4.02. The van der Waals surface area contributed by atoms with Gasteiger partial charge in [0.2, 0.25) is 5.91 Å². The van der Waals surface area contributed by atoms with E-state index in [-0.39, 0.29) is 40.9 Å². The number of H-pyrrole nitrogens is 1. The smallest absolute Gasteiger partial charge is 0.322 e. The number of esters is 1. The highest BCUT2D eigenvalue weighted by Gasteiger charge is 2.57. The van der Waals surface area contributed by atoms with Gasteiger partial charge < -0.3 is 14.6 Å². The first-order chi connectivity index (χ1) is 20.4. The number of nitrogens with one attached hydrogen (secondary N) is 1. The number of Topliss-reactive ketones (excluding diaryl/α,β-unsaturated/α-hetero) is 1. The van der Waals surface area contributed by atoms with Crippen molar-refractivity contribution in [1.82, 2.24) is 14.9 Å². The minimum absolute atomic E-state index is 0.0400. The number of benzene rings is 3. The van der Waals surface area contributed by atoms with E-state index >= 15 is 0 Å². The van der Waals surface area contributed by atoms with Gasteiger partial charge in [0, 0.05) is 55.6 Å². The van der Waals surface area contributed by atoms with E-state index in [4.69, 9.17) is 16.3 Å². The molecule has 2 aliphatic heterocycles. The summed E-state index contributed by atoms with van der Waals surface area (Å²) in [5, 5.41) is 0.290. The number of piperidine rings is 1. The monoisotopic (exact) mass is 619 g/mol. The predicted molar refractivity (Wildman–Crippen MR) is 162 cm³/mol. The van der Waals surface area contributed by atoms with E-state index in [1.807, 2.05) is 24.3 Å². The molecule has 2 fully saturated rings. The second kappa shape index (κ2) is 10.9. The van der Waals surface area contributed by atoms with Crippen LogP contribution in [0.3, 0.4) is 0 Å². The topological polar surface area (TPSA) is 126 Å². The van der Waals surface area contributed by atoms with Crippen LogP contribution in [0.4, 0.5) is 0 Å². The van der Waals surface area contributed by atoms with Crippen molar-refractivity contribution in [3.05, 3.63) is 82.6 Å². The van der Waals surface area contributed by atoms with Crippen LogP contribution >= 0.6 is 11.6 Å². The molecule has 1 N–H and O–H groups in total. The average molecular weight is 620 g/mol. The number of aromatic nitrogens is 2. The van der Waals surface area contributed by atoms with Gasteiger partial charge in [-0.05, 0) is 60.0 Å². The zero-order valence-electron chi connectivity index (χ0n) is 23.7. The summed E-state index contributed by atoms with van der Waals surface area (Å²) < 4.78 is 29.9. The molecule has 43 heavy (non-hydrogen) atoms. The number of imidazole rings is 1. The standard InChI is InChI=1S/C32H30ClN3O6S/c1-19-16-23(20-6-5-7-21(17-20)43(2,40)41)24(33)18-22(19)29-30(38)32(42-31(29)39)12-14-36(15-13-32)28(37)11-10-27-34-25-8-3-4-9-26(25)35-27/h3-9,16-18,29H,10-15H2,1-2H3,(H,34,35). The van der Waals surface area contributed by atoms with E-state index in [9.17, 15) is 22.8 Å². The fraction of sp³-hybridized carbons (Fsp3) is 0.312. The van der Waals surface area contributed by atoms with Crippen LogP contribution in [0.5, 0.6) is 0 Å². The van der Waals surface area contributed by atoms with Crippen LogP contribution in [0.1, 0.15) is 42.1 Å². The number of carbonyl (C=O) groups excluding carboxylic acids is 3. The fourth-order valence-corrected chi connectivity index (χ4v) is 6.98. The molecule has 2 saturated heterocycles. The number of ketones is 1. The van der Waals surface area contributed by atoms with Crippen molar-refractivity contribution in [2.75, 3.05) is 19.3 Å². The number of hydrogen-bond acceptors (Lipinski definition) is 7. The van der Waals surface area contributed by atoms with Crippen LogP contribution in [0.15, 0.2) is 65.6 Å². The zero-order valence-corrected chi connectivity index (χ0v) is 25.3. The summed E-state index contributed by atoms with van der Waals surface area (Å²) in [4.78, 5) is 49.5. The predicted octanol–water partition coefficient (Wildman–Crippen LogP) is 4.80. The van der Waals surface area contributed by atoms with E-state index in [0.29, 0.717) is 41.8 Å². The fourth-order valence-electron chi connectivity index (χ4n) is 6.04. The number of para-hydroxylation sites is 2. The van der Waals surface area contributed by atoms with Crippen molar-refractivity contribution in [2.45, 2.75) is 49.0 Å². The van der Waals surface area contributed by atoms with Crippen LogP contribution < -0.4 is 0 Å². The van der Waals surface area contributed by atoms with Crippen LogP contribution in [0.2, 0.25) is 5.02 Å². The third-order valence-electron chi connectivity index (χ3n) is 8.42. The molecule has 1 unspecified atom stereocenters. The summed E-state index contributed by atoms with van der Waals surface area (Å²) >= 11 is 6.64. The Balaban J connectivity index is 1.14. The summed E-state index contributed by atoms with van der Waals surface area (Å²) in [5.74, 6) is -1.36. The van der Waals surface area contributed by atoms with Crippen LogP contribution in [-0.2, 0) is 35.4 Å². The molecule has 1 amide bonds. The van der Waals surface area contributed by atoms with Crippen molar-refractivity contribution < 1.29 is 27.5 Å². The quantitative estimate of drug-likeness (QED) is 0.243. The first-order valence-corrected chi connectivity index (χ1v) is 16.3. The summed E-state index contributed by atoms with van der Waals surface area (Å²) in [6.45, 7) is 2.39. The lowest BCUT2D eigenvalue weighted by Crippen LogP contribution is -2.50. The number of aromatic amines is 1. The molecule has 0 bridgehead atoms. The van der Waals surface area contributed by atoms with Crippen LogP contribution in [-0.4, -0.2) is 65.9 Å². The lowest BCUT2D eigenvalue weighted by atomic mass is 9.80. The summed E-state index contributed by atoms with van der Waals surface area (Å²) in [7, 11) is -3.42. The summed E-state index contributed by atoms with van der Waals surface area (Å²) in [5.41, 5.74) is 2.83. The molecule has 222 valence electrons. The largest absolute Gasteiger partial charge is 0.450 e. The normalized spacial score (nSPS) is 18.4. The highest BCUT2D eigenvalue weighted by molar-refractivity contribution is 7.90. The molecule has 2 aliphatic rings. The first kappa shape index (κ1) is 29.1. The van der Waals surface area contributed by atoms with E-state index in [1.165, 1.54) is 6.07 Å².